The van der Waals surface area contributed by atoms with Gasteiger partial charge in [-0.15, -0.1) is 0 Å². The molecule has 0 heterocycles. The van der Waals surface area contributed by atoms with Gasteiger partial charge in [-0.3, -0.25) is 4.79 Å². The number of rotatable bonds is 6. The maximum Gasteiger partial charge on any atom is 0.335 e. The van der Waals surface area contributed by atoms with E-state index in [2.05, 4.69) is 4.72 Å². The van der Waals surface area contributed by atoms with E-state index in [0.717, 1.165) is 6.07 Å². The van der Waals surface area contributed by atoms with Crippen molar-refractivity contribution in [2.45, 2.75) is 31.7 Å². The largest absolute Gasteiger partial charge is 0.480 e. The van der Waals surface area contributed by atoms with Gasteiger partial charge in [-0.1, -0.05) is 19.9 Å². The number of aliphatic carboxylic acids is 1. The second-order valence-corrected chi connectivity index (χ2v) is 6.68. The smallest absolute Gasteiger partial charge is 0.335 e. The summed E-state index contributed by atoms with van der Waals surface area (Å²) in [7, 11) is -4.12. The lowest BCUT2D eigenvalue weighted by atomic mass is 10.1. The maximum absolute atomic E-state index is 12.2. The molecule has 0 aliphatic heterocycles. The molecule has 0 aliphatic carbocycles. The summed E-state index contributed by atoms with van der Waals surface area (Å²) in [6.45, 7) is 4.68. The number of nitrogens with one attached hydrogen (secondary N) is 1. The van der Waals surface area contributed by atoms with Crippen LogP contribution in [0.4, 0.5) is 0 Å². The first-order chi connectivity index (χ1) is 9.56. The van der Waals surface area contributed by atoms with Crippen molar-refractivity contribution in [3.63, 3.8) is 0 Å². The van der Waals surface area contributed by atoms with E-state index in [9.17, 15) is 18.0 Å². The van der Waals surface area contributed by atoms with Crippen LogP contribution in [0.1, 0.15) is 29.8 Å². The Labute approximate surface area is 122 Å². The van der Waals surface area contributed by atoms with Crippen molar-refractivity contribution in [1.82, 2.24) is 4.72 Å². The van der Waals surface area contributed by atoms with E-state index in [0.29, 0.717) is 5.56 Å². The number of aromatic carboxylic acids is 1. The first kappa shape index (κ1) is 17.1. The number of carboxylic acid groups (broad SMARTS) is 2. The Morgan fingerprint density at radius 2 is 1.76 bits per heavy atom. The average Bonchev–Trinajstić information content (AvgIpc) is 2.35. The van der Waals surface area contributed by atoms with Gasteiger partial charge in [-0.2, -0.15) is 4.72 Å². The topological polar surface area (TPSA) is 121 Å². The van der Waals surface area contributed by atoms with Gasteiger partial charge in [0.2, 0.25) is 10.0 Å². The fourth-order valence-corrected chi connectivity index (χ4v) is 3.07. The molecule has 1 rings (SSSR count). The molecular formula is C13H17NO6S. The molecule has 0 aromatic heterocycles. The monoisotopic (exact) mass is 315 g/mol. The summed E-state index contributed by atoms with van der Waals surface area (Å²) in [6.07, 6.45) is 0. The van der Waals surface area contributed by atoms with Crippen molar-refractivity contribution in [3.8, 4) is 0 Å². The highest BCUT2D eigenvalue weighted by molar-refractivity contribution is 7.89. The predicted octanol–water partition coefficient (Wildman–Crippen LogP) is 1.08. The number of sulfonamides is 1. The first-order valence-electron chi connectivity index (χ1n) is 6.15. The fraction of sp³-hybridized carbons (Fsp3) is 0.385. The van der Waals surface area contributed by atoms with E-state index in [4.69, 9.17) is 10.2 Å². The standard InChI is InChI=1S/C13H17NO6S/c1-7(2)11(13(17)18)14-21(19,20)9-5-4-8(3)10(6-9)12(15)16/h4-7,11,14H,1-3H3,(H,15,16)(H,17,18)/t11-/m0/s1. The van der Waals surface area contributed by atoms with Gasteiger partial charge < -0.3 is 10.2 Å². The summed E-state index contributed by atoms with van der Waals surface area (Å²) in [6, 6.07) is 2.33. The van der Waals surface area contributed by atoms with Crippen LogP contribution in [-0.4, -0.2) is 36.6 Å². The number of aryl methyl sites for hydroxylation is 1. The molecule has 1 atom stereocenters. The van der Waals surface area contributed by atoms with Crippen LogP contribution in [0.15, 0.2) is 23.1 Å². The SMILES string of the molecule is Cc1ccc(S(=O)(=O)N[C@H](C(=O)O)C(C)C)cc1C(=O)O. The molecule has 0 radical (unpaired) electrons. The van der Waals surface area contributed by atoms with Crippen LogP contribution in [-0.2, 0) is 14.8 Å². The summed E-state index contributed by atoms with van der Waals surface area (Å²) in [5.41, 5.74) is 0.273. The van der Waals surface area contributed by atoms with Crippen molar-refractivity contribution in [3.05, 3.63) is 29.3 Å². The number of carboxylic acids is 2. The minimum Gasteiger partial charge on any atom is -0.480 e. The van der Waals surface area contributed by atoms with Gasteiger partial charge in [0.1, 0.15) is 6.04 Å². The Balaban J connectivity index is 3.22. The normalized spacial score (nSPS) is 13.1. The van der Waals surface area contributed by atoms with Gasteiger partial charge in [0, 0.05) is 0 Å². The molecule has 0 spiro atoms. The number of hydrogen-bond acceptors (Lipinski definition) is 4. The average molecular weight is 315 g/mol. The zero-order valence-electron chi connectivity index (χ0n) is 11.8. The molecule has 0 saturated carbocycles. The lowest BCUT2D eigenvalue weighted by Gasteiger charge is -2.18. The van der Waals surface area contributed by atoms with Crippen LogP contribution in [0, 0.1) is 12.8 Å². The minimum atomic E-state index is -4.12. The molecular weight excluding hydrogens is 298 g/mol. The number of hydrogen-bond donors (Lipinski definition) is 3. The molecule has 0 fully saturated rings. The Kier molecular flexibility index (Phi) is 5.08. The van der Waals surface area contributed by atoms with E-state index >= 15 is 0 Å². The van der Waals surface area contributed by atoms with Crippen molar-refractivity contribution in [2.24, 2.45) is 5.92 Å². The quantitative estimate of drug-likeness (QED) is 0.722. The summed E-state index contributed by atoms with van der Waals surface area (Å²) >= 11 is 0. The highest BCUT2D eigenvalue weighted by Crippen LogP contribution is 2.17. The third kappa shape index (κ3) is 4.02. The van der Waals surface area contributed by atoms with Crippen LogP contribution < -0.4 is 4.72 Å². The number of carbonyl (C=O) groups is 2. The second-order valence-electron chi connectivity index (χ2n) is 4.96. The molecule has 21 heavy (non-hydrogen) atoms. The van der Waals surface area contributed by atoms with E-state index in [-0.39, 0.29) is 10.5 Å². The Bertz CT molecular complexity index is 665. The van der Waals surface area contributed by atoms with Gasteiger partial charge in [0.15, 0.2) is 0 Å². The van der Waals surface area contributed by atoms with Gasteiger partial charge in [0.05, 0.1) is 10.5 Å². The lowest BCUT2D eigenvalue weighted by molar-refractivity contribution is -0.140. The molecule has 8 heteroatoms. The highest BCUT2D eigenvalue weighted by Gasteiger charge is 2.28. The zero-order valence-corrected chi connectivity index (χ0v) is 12.6. The molecule has 0 bridgehead atoms. The summed E-state index contributed by atoms with van der Waals surface area (Å²) < 4.78 is 26.4. The van der Waals surface area contributed by atoms with Crippen LogP contribution in [0.3, 0.4) is 0 Å². The van der Waals surface area contributed by atoms with Gasteiger partial charge >= 0.3 is 11.9 Å². The molecule has 0 unspecified atom stereocenters. The Morgan fingerprint density at radius 3 is 2.19 bits per heavy atom. The van der Waals surface area contributed by atoms with Crippen LogP contribution in [0.2, 0.25) is 0 Å². The number of benzene rings is 1. The molecule has 1 aromatic carbocycles. The Hall–Kier alpha value is -1.93. The van der Waals surface area contributed by atoms with Crippen molar-refractivity contribution >= 4 is 22.0 Å². The molecule has 1 aromatic rings. The highest BCUT2D eigenvalue weighted by atomic mass is 32.2. The van der Waals surface area contributed by atoms with Crippen LogP contribution in [0.5, 0.6) is 0 Å². The van der Waals surface area contributed by atoms with Crippen LogP contribution >= 0.6 is 0 Å². The van der Waals surface area contributed by atoms with Crippen molar-refractivity contribution in [1.29, 1.82) is 0 Å². The van der Waals surface area contributed by atoms with Gasteiger partial charge in [-0.25, -0.2) is 13.2 Å². The molecule has 3 N–H and O–H groups in total. The molecule has 0 saturated heterocycles. The van der Waals surface area contributed by atoms with E-state index < -0.39 is 33.9 Å². The molecule has 116 valence electrons. The minimum absolute atomic E-state index is 0.144. The zero-order chi connectivity index (χ0) is 16.4. The maximum atomic E-state index is 12.2. The second kappa shape index (κ2) is 6.23. The lowest BCUT2D eigenvalue weighted by Crippen LogP contribution is -2.44. The van der Waals surface area contributed by atoms with Crippen molar-refractivity contribution in [2.75, 3.05) is 0 Å². The molecule has 7 nitrogen and oxygen atoms in total. The predicted molar refractivity (Wildman–Crippen MR) is 74.7 cm³/mol. The van der Waals surface area contributed by atoms with Gasteiger partial charge in [-0.05, 0) is 30.5 Å². The summed E-state index contributed by atoms with van der Waals surface area (Å²) in [4.78, 5) is 21.8. The summed E-state index contributed by atoms with van der Waals surface area (Å²) in [5, 5.41) is 18.0. The summed E-state index contributed by atoms with van der Waals surface area (Å²) in [5.74, 6) is -3.00. The Morgan fingerprint density at radius 1 is 1.19 bits per heavy atom. The van der Waals surface area contributed by atoms with Gasteiger partial charge in [0.25, 0.3) is 0 Å². The fourth-order valence-electron chi connectivity index (χ4n) is 1.71. The van der Waals surface area contributed by atoms with E-state index in [1.807, 2.05) is 0 Å². The molecule has 0 amide bonds. The third-order valence-corrected chi connectivity index (χ3v) is 4.40. The first-order valence-corrected chi connectivity index (χ1v) is 7.63. The van der Waals surface area contributed by atoms with Crippen molar-refractivity contribution < 1.29 is 28.2 Å². The van der Waals surface area contributed by atoms with E-state index in [1.165, 1.54) is 12.1 Å². The molecule has 0 aliphatic rings. The van der Waals surface area contributed by atoms with Crippen LogP contribution in [0.25, 0.3) is 0 Å². The third-order valence-electron chi connectivity index (χ3n) is 2.96. The van der Waals surface area contributed by atoms with E-state index in [1.54, 1.807) is 20.8 Å².